The third-order valence-electron chi connectivity index (χ3n) is 2.35. The average molecular weight is 311 g/mol. The third kappa shape index (κ3) is 2.62. The van der Waals surface area contributed by atoms with Crippen molar-refractivity contribution < 1.29 is 5.11 Å². The topological polar surface area (TPSA) is 104 Å². The van der Waals surface area contributed by atoms with Gasteiger partial charge in [0, 0.05) is 17.8 Å². The molecule has 0 aliphatic heterocycles. The Balaban J connectivity index is 2.19. The summed E-state index contributed by atoms with van der Waals surface area (Å²) in [6, 6.07) is 4.79. The first-order valence-corrected chi connectivity index (χ1v) is 5.91. The van der Waals surface area contributed by atoms with Crippen LogP contribution >= 0.6 is 15.9 Å². The lowest BCUT2D eigenvalue weighted by molar-refractivity contribution is 0.469. The summed E-state index contributed by atoms with van der Waals surface area (Å²) in [4.78, 5) is 17.7. The Labute approximate surface area is 111 Å². The zero-order valence-electron chi connectivity index (χ0n) is 9.27. The van der Waals surface area contributed by atoms with E-state index in [-0.39, 0.29) is 11.3 Å². The predicted molar refractivity (Wildman–Crippen MR) is 72.4 cm³/mol. The lowest BCUT2D eigenvalue weighted by atomic mass is 10.2. The van der Waals surface area contributed by atoms with Crippen molar-refractivity contribution in [1.82, 2.24) is 9.97 Å². The summed E-state index contributed by atoms with van der Waals surface area (Å²) in [6.07, 6.45) is 1.30. The minimum Gasteiger partial charge on any atom is -0.508 e. The number of phenols is 1. The largest absolute Gasteiger partial charge is 0.508 e. The molecule has 0 unspecified atom stereocenters. The van der Waals surface area contributed by atoms with Crippen LogP contribution in [-0.2, 0) is 6.54 Å². The molecule has 0 spiro atoms. The van der Waals surface area contributed by atoms with E-state index in [4.69, 9.17) is 5.73 Å². The molecule has 1 heterocycles. The van der Waals surface area contributed by atoms with E-state index in [9.17, 15) is 9.90 Å². The van der Waals surface area contributed by atoms with Crippen LogP contribution in [0.5, 0.6) is 5.75 Å². The fourth-order valence-electron chi connectivity index (χ4n) is 1.43. The summed E-state index contributed by atoms with van der Waals surface area (Å²) in [5.74, 6) is 0.540. The standard InChI is InChI=1S/C11H11BrN4O2/c12-9-10(15-5-16-11(9)18)14-4-6-3-7(13)1-2-8(6)17/h1-3,5,17H,4,13H2,(H2,14,15,16,18). The lowest BCUT2D eigenvalue weighted by Gasteiger charge is -2.08. The number of aromatic amines is 1. The molecule has 0 aliphatic carbocycles. The first-order chi connectivity index (χ1) is 8.58. The van der Waals surface area contributed by atoms with Crippen molar-refractivity contribution in [1.29, 1.82) is 0 Å². The summed E-state index contributed by atoms with van der Waals surface area (Å²) >= 11 is 3.13. The molecule has 0 radical (unpaired) electrons. The van der Waals surface area contributed by atoms with Crippen LogP contribution in [0.3, 0.4) is 0 Å². The molecule has 1 aromatic heterocycles. The molecule has 5 N–H and O–H groups in total. The molecule has 0 atom stereocenters. The maximum absolute atomic E-state index is 11.3. The average Bonchev–Trinajstić information content (AvgIpc) is 2.35. The fourth-order valence-corrected chi connectivity index (χ4v) is 1.79. The molecular formula is C11H11BrN4O2. The van der Waals surface area contributed by atoms with Crippen LogP contribution in [-0.4, -0.2) is 15.1 Å². The van der Waals surface area contributed by atoms with E-state index in [1.165, 1.54) is 12.4 Å². The van der Waals surface area contributed by atoms with Crippen molar-refractivity contribution in [3.63, 3.8) is 0 Å². The number of hydrogen-bond donors (Lipinski definition) is 4. The van der Waals surface area contributed by atoms with Crippen molar-refractivity contribution >= 4 is 27.4 Å². The number of H-pyrrole nitrogens is 1. The summed E-state index contributed by atoms with van der Waals surface area (Å²) in [6.45, 7) is 0.311. The van der Waals surface area contributed by atoms with Crippen molar-refractivity contribution in [3.8, 4) is 5.75 Å². The van der Waals surface area contributed by atoms with Crippen LogP contribution in [0, 0.1) is 0 Å². The number of nitrogens with zero attached hydrogens (tertiary/aromatic N) is 1. The summed E-state index contributed by atoms with van der Waals surface area (Å²) in [7, 11) is 0. The van der Waals surface area contributed by atoms with Gasteiger partial charge in [0.25, 0.3) is 5.56 Å². The summed E-state index contributed by atoms with van der Waals surface area (Å²) < 4.78 is 0.313. The number of rotatable bonds is 3. The van der Waals surface area contributed by atoms with Crippen LogP contribution < -0.4 is 16.6 Å². The van der Waals surface area contributed by atoms with Gasteiger partial charge in [0.05, 0.1) is 6.33 Å². The number of hydrogen-bond acceptors (Lipinski definition) is 5. The Hall–Kier alpha value is -2.02. The van der Waals surface area contributed by atoms with Crippen LogP contribution in [0.15, 0.2) is 33.8 Å². The Morgan fingerprint density at radius 2 is 2.28 bits per heavy atom. The van der Waals surface area contributed by atoms with Gasteiger partial charge in [0.2, 0.25) is 0 Å². The van der Waals surface area contributed by atoms with Crippen LogP contribution in [0.25, 0.3) is 0 Å². The molecule has 0 bridgehead atoms. The maximum Gasteiger partial charge on any atom is 0.267 e. The van der Waals surface area contributed by atoms with Crippen molar-refractivity contribution in [2.75, 3.05) is 11.1 Å². The summed E-state index contributed by atoms with van der Waals surface area (Å²) in [5.41, 5.74) is 6.54. The Morgan fingerprint density at radius 3 is 3.06 bits per heavy atom. The van der Waals surface area contributed by atoms with Crippen molar-refractivity contribution in [2.24, 2.45) is 0 Å². The Kier molecular flexibility index (Phi) is 3.52. The second-order valence-electron chi connectivity index (χ2n) is 3.64. The van der Waals surface area contributed by atoms with Gasteiger partial charge in [-0.05, 0) is 34.1 Å². The number of nitrogens with one attached hydrogen (secondary N) is 2. The second kappa shape index (κ2) is 5.09. The number of anilines is 2. The quantitative estimate of drug-likeness (QED) is 0.507. The molecule has 2 rings (SSSR count). The fraction of sp³-hybridized carbons (Fsp3) is 0.0909. The number of nitrogens with two attached hydrogens (primary N) is 1. The van der Waals surface area contributed by atoms with Gasteiger partial charge in [-0.25, -0.2) is 4.98 Å². The number of nitrogen functional groups attached to an aromatic ring is 1. The highest BCUT2D eigenvalue weighted by Gasteiger charge is 2.06. The van der Waals surface area contributed by atoms with Gasteiger partial charge < -0.3 is 21.1 Å². The zero-order valence-corrected chi connectivity index (χ0v) is 10.9. The van der Waals surface area contributed by atoms with Crippen molar-refractivity contribution in [3.05, 3.63) is 44.9 Å². The minimum atomic E-state index is -0.274. The number of halogens is 1. The van der Waals surface area contributed by atoms with E-state index in [1.54, 1.807) is 12.1 Å². The van der Waals surface area contributed by atoms with Gasteiger partial charge in [-0.15, -0.1) is 0 Å². The molecule has 94 valence electrons. The van der Waals surface area contributed by atoms with Crippen molar-refractivity contribution in [2.45, 2.75) is 6.54 Å². The van der Waals surface area contributed by atoms with E-state index in [0.717, 1.165) is 0 Å². The second-order valence-corrected chi connectivity index (χ2v) is 4.43. The van der Waals surface area contributed by atoms with E-state index in [1.807, 2.05) is 0 Å². The van der Waals surface area contributed by atoms with Gasteiger partial charge >= 0.3 is 0 Å². The third-order valence-corrected chi connectivity index (χ3v) is 3.08. The number of benzene rings is 1. The molecule has 0 amide bonds. The molecule has 0 saturated carbocycles. The molecule has 6 nitrogen and oxygen atoms in total. The minimum absolute atomic E-state index is 0.137. The first kappa shape index (κ1) is 12.4. The van der Waals surface area contributed by atoms with Crippen LogP contribution in [0.2, 0.25) is 0 Å². The van der Waals surface area contributed by atoms with E-state index >= 15 is 0 Å². The monoisotopic (exact) mass is 310 g/mol. The molecule has 2 aromatic rings. The SMILES string of the molecule is Nc1ccc(O)c(CNc2nc[nH]c(=O)c2Br)c1. The molecule has 0 saturated heterocycles. The number of aromatic hydroxyl groups is 1. The predicted octanol–water partition coefficient (Wildman–Crippen LogP) is 1.43. The molecular weight excluding hydrogens is 300 g/mol. The van der Waals surface area contributed by atoms with E-state index < -0.39 is 0 Å². The Morgan fingerprint density at radius 1 is 1.50 bits per heavy atom. The highest BCUT2D eigenvalue weighted by atomic mass is 79.9. The highest BCUT2D eigenvalue weighted by Crippen LogP contribution is 2.21. The van der Waals surface area contributed by atoms with Gasteiger partial charge in [0.15, 0.2) is 0 Å². The van der Waals surface area contributed by atoms with Gasteiger partial charge in [0.1, 0.15) is 16.0 Å². The van der Waals surface area contributed by atoms with E-state index in [0.29, 0.717) is 28.1 Å². The van der Waals surface area contributed by atoms with Gasteiger partial charge in [-0.3, -0.25) is 4.79 Å². The molecule has 0 fully saturated rings. The van der Waals surface area contributed by atoms with Crippen LogP contribution in [0.1, 0.15) is 5.56 Å². The summed E-state index contributed by atoms with van der Waals surface area (Å²) in [5, 5.41) is 12.6. The normalized spacial score (nSPS) is 10.3. The number of aromatic nitrogens is 2. The smallest absolute Gasteiger partial charge is 0.267 e. The molecule has 1 aromatic carbocycles. The van der Waals surface area contributed by atoms with Gasteiger partial charge in [-0.1, -0.05) is 0 Å². The van der Waals surface area contributed by atoms with Gasteiger partial charge in [-0.2, -0.15) is 0 Å². The maximum atomic E-state index is 11.3. The zero-order chi connectivity index (χ0) is 13.1. The van der Waals surface area contributed by atoms with Crippen LogP contribution in [0.4, 0.5) is 11.5 Å². The lowest BCUT2D eigenvalue weighted by Crippen LogP contribution is -2.12. The molecule has 0 aliphatic rings. The van der Waals surface area contributed by atoms with E-state index in [2.05, 4.69) is 31.2 Å². The number of phenolic OH excluding ortho intramolecular Hbond substituents is 1. The first-order valence-electron chi connectivity index (χ1n) is 5.12. The highest BCUT2D eigenvalue weighted by molar-refractivity contribution is 9.10. The molecule has 18 heavy (non-hydrogen) atoms. The Bertz CT molecular complexity index is 627. The molecule has 7 heteroatoms.